The summed E-state index contributed by atoms with van der Waals surface area (Å²) in [6, 6.07) is 6.71. The summed E-state index contributed by atoms with van der Waals surface area (Å²) in [5.41, 5.74) is 0.0342. The fourth-order valence-corrected chi connectivity index (χ4v) is 1.69. The van der Waals surface area contributed by atoms with E-state index in [1.165, 1.54) is 0 Å². The molecule has 0 unspecified atom stereocenters. The molecule has 0 aromatic heterocycles. The number of fused-ring (bicyclic) bond motifs is 1. The second-order valence-corrected chi connectivity index (χ2v) is 5.44. The Bertz CT molecular complexity index is 549. The van der Waals surface area contributed by atoms with Gasteiger partial charge in [-0.25, -0.2) is 0 Å². The van der Waals surface area contributed by atoms with Crippen LogP contribution in [0.1, 0.15) is 20.8 Å². The number of alkyl halides is 3. The molecule has 5 heteroatoms. The summed E-state index contributed by atoms with van der Waals surface area (Å²) in [6.07, 6.45) is -3.34. The van der Waals surface area contributed by atoms with E-state index in [2.05, 4.69) is 10.3 Å². The number of hydrogen-bond acceptors (Lipinski definition) is 2. The first kappa shape index (κ1) is 13.6. The van der Waals surface area contributed by atoms with Crippen LogP contribution in [-0.4, -0.2) is 11.9 Å². The molecular weight excluding hydrogens is 253 g/mol. The number of rotatable bonds is 0. The molecule has 0 aliphatic carbocycles. The van der Waals surface area contributed by atoms with E-state index >= 15 is 0 Å². The Hall–Kier alpha value is -1.78. The van der Waals surface area contributed by atoms with Crippen LogP contribution in [0.2, 0.25) is 0 Å². The Labute approximate surface area is 110 Å². The lowest BCUT2D eigenvalue weighted by Gasteiger charge is -2.19. The van der Waals surface area contributed by atoms with Gasteiger partial charge in [-0.05, 0) is 18.2 Å². The number of para-hydroxylation sites is 2. The molecule has 1 aliphatic rings. The predicted molar refractivity (Wildman–Crippen MR) is 70.8 cm³/mol. The molecule has 1 aromatic rings. The van der Waals surface area contributed by atoms with Crippen molar-refractivity contribution >= 4 is 17.1 Å². The molecule has 0 amide bonds. The number of aliphatic imine (C=N–C) groups is 1. The van der Waals surface area contributed by atoms with Crippen molar-refractivity contribution in [2.45, 2.75) is 26.9 Å². The Balaban J connectivity index is 2.60. The van der Waals surface area contributed by atoms with E-state index in [9.17, 15) is 13.2 Å². The van der Waals surface area contributed by atoms with Crippen molar-refractivity contribution in [3.63, 3.8) is 0 Å². The topological polar surface area (TPSA) is 24.4 Å². The highest BCUT2D eigenvalue weighted by Crippen LogP contribution is 2.36. The predicted octanol–water partition coefficient (Wildman–Crippen LogP) is 4.68. The van der Waals surface area contributed by atoms with Gasteiger partial charge in [-0.3, -0.25) is 4.99 Å². The molecule has 1 N–H and O–H groups in total. The van der Waals surface area contributed by atoms with Crippen LogP contribution < -0.4 is 5.32 Å². The van der Waals surface area contributed by atoms with Crippen molar-refractivity contribution in [1.82, 2.24) is 0 Å². The minimum Gasteiger partial charge on any atom is -0.350 e. The van der Waals surface area contributed by atoms with Gasteiger partial charge in [0.05, 0.1) is 11.4 Å². The standard InChI is InChI=1S/C14H15F3N2/c1-13(2,3)11-8-12(14(15,16)17)19-10-7-5-4-6-9(10)18-11/h4-8,19H,1-3H3. The molecule has 1 heterocycles. The van der Waals surface area contributed by atoms with Gasteiger partial charge >= 0.3 is 6.18 Å². The molecule has 0 bridgehead atoms. The lowest BCUT2D eigenvalue weighted by atomic mass is 9.89. The van der Waals surface area contributed by atoms with E-state index < -0.39 is 17.3 Å². The van der Waals surface area contributed by atoms with Gasteiger partial charge in [0.1, 0.15) is 5.70 Å². The average molecular weight is 268 g/mol. The minimum absolute atomic E-state index is 0.366. The summed E-state index contributed by atoms with van der Waals surface area (Å²) in [7, 11) is 0. The minimum atomic E-state index is -4.43. The zero-order valence-electron chi connectivity index (χ0n) is 11.0. The maximum absolute atomic E-state index is 13.0. The smallest absolute Gasteiger partial charge is 0.350 e. The molecule has 19 heavy (non-hydrogen) atoms. The Kier molecular flexibility index (Phi) is 3.16. The van der Waals surface area contributed by atoms with Gasteiger partial charge < -0.3 is 5.32 Å². The first-order valence-electron chi connectivity index (χ1n) is 5.92. The lowest BCUT2D eigenvalue weighted by molar-refractivity contribution is -0.0901. The van der Waals surface area contributed by atoms with Crippen LogP contribution in [0.25, 0.3) is 0 Å². The molecule has 102 valence electrons. The summed E-state index contributed by atoms with van der Waals surface area (Å²) in [5, 5.41) is 2.42. The quantitative estimate of drug-likeness (QED) is 0.726. The third kappa shape index (κ3) is 2.97. The van der Waals surface area contributed by atoms with Gasteiger partial charge in [0, 0.05) is 11.1 Å². The largest absolute Gasteiger partial charge is 0.431 e. The van der Waals surface area contributed by atoms with Gasteiger partial charge in [-0.2, -0.15) is 13.2 Å². The normalized spacial score (nSPS) is 15.9. The van der Waals surface area contributed by atoms with Gasteiger partial charge in [0.25, 0.3) is 0 Å². The summed E-state index contributed by atoms with van der Waals surface area (Å²) in [5.74, 6) is 0. The molecule has 1 aliphatic heterocycles. The number of hydrogen-bond donors (Lipinski definition) is 1. The molecule has 0 spiro atoms. The number of nitrogens with zero attached hydrogens (tertiary/aromatic N) is 1. The van der Waals surface area contributed by atoms with Crippen LogP contribution in [0.4, 0.5) is 24.5 Å². The monoisotopic (exact) mass is 268 g/mol. The molecule has 0 atom stereocenters. The van der Waals surface area contributed by atoms with Crippen LogP contribution in [-0.2, 0) is 0 Å². The number of anilines is 1. The van der Waals surface area contributed by atoms with Crippen molar-refractivity contribution < 1.29 is 13.2 Å². The van der Waals surface area contributed by atoms with Crippen LogP contribution in [0.3, 0.4) is 0 Å². The summed E-state index contributed by atoms with van der Waals surface area (Å²) >= 11 is 0. The fraction of sp³-hybridized carbons (Fsp3) is 0.357. The Morgan fingerprint density at radius 3 is 2.26 bits per heavy atom. The third-order valence-corrected chi connectivity index (χ3v) is 2.77. The van der Waals surface area contributed by atoms with Gasteiger partial charge in [-0.15, -0.1) is 0 Å². The SMILES string of the molecule is CC(C)(C)C1=Nc2ccccc2NC(C(F)(F)F)=C1. The highest BCUT2D eigenvalue weighted by Gasteiger charge is 2.36. The highest BCUT2D eigenvalue weighted by atomic mass is 19.4. The van der Waals surface area contributed by atoms with Crippen molar-refractivity contribution in [3.05, 3.63) is 36.0 Å². The molecule has 2 rings (SSSR count). The van der Waals surface area contributed by atoms with Gasteiger partial charge in [0.2, 0.25) is 0 Å². The first-order chi connectivity index (χ1) is 8.68. The molecule has 1 aromatic carbocycles. The maximum Gasteiger partial charge on any atom is 0.431 e. The van der Waals surface area contributed by atoms with E-state index in [-0.39, 0.29) is 0 Å². The highest BCUT2D eigenvalue weighted by molar-refractivity contribution is 6.03. The Morgan fingerprint density at radius 1 is 1.05 bits per heavy atom. The number of allylic oxidation sites excluding steroid dienone is 2. The zero-order valence-corrected chi connectivity index (χ0v) is 11.0. The van der Waals surface area contributed by atoms with Crippen molar-refractivity contribution in [3.8, 4) is 0 Å². The van der Waals surface area contributed by atoms with E-state index in [0.29, 0.717) is 17.1 Å². The van der Waals surface area contributed by atoms with Gasteiger partial charge in [-0.1, -0.05) is 32.9 Å². The van der Waals surface area contributed by atoms with Crippen LogP contribution in [0, 0.1) is 5.41 Å². The first-order valence-corrected chi connectivity index (χ1v) is 5.92. The molecule has 0 radical (unpaired) electrons. The fourth-order valence-electron chi connectivity index (χ4n) is 1.69. The number of benzene rings is 1. The summed E-state index contributed by atoms with van der Waals surface area (Å²) < 4.78 is 39.0. The van der Waals surface area contributed by atoms with Crippen molar-refractivity contribution in [2.24, 2.45) is 10.4 Å². The van der Waals surface area contributed by atoms with Crippen molar-refractivity contribution in [2.75, 3.05) is 5.32 Å². The zero-order chi connectivity index (χ0) is 14.3. The summed E-state index contributed by atoms with van der Waals surface area (Å²) in [6.45, 7) is 5.51. The van der Waals surface area contributed by atoms with E-state index in [1.807, 2.05) is 20.8 Å². The van der Waals surface area contributed by atoms with E-state index in [1.54, 1.807) is 24.3 Å². The molecule has 2 nitrogen and oxygen atoms in total. The Morgan fingerprint density at radius 2 is 1.68 bits per heavy atom. The van der Waals surface area contributed by atoms with E-state index in [4.69, 9.17) is 0 Å². The lowest BCUT2D eigenvalue weighted by Crippen LogP contribution is -2.23. The second-order valence-electron chi connectivity index (χ2n) is 5.44. The number of nitrogens with one attached hydrogen (secondary N) is 1. The maximum atomic E-state index is 13.0. The molecule has 0 saturated heterocycles. The molecular formula is C14H15F3N2. The van der Waals surface area contributed by atoms with E-state index in [0.717, 1.165) is 6.08 Å². The van der Waals surface area contributed by atoms with Crippen molar-refractivity contribution in [1.29, 1.82) is 0 Å². The average Bonchev–Trinajstić information content (AvgIpc) is 2.46. The summed E-state index contributed by atoms with van der Waals surface area (Å²) in [4.78, 5) is 4.35. The number of halogens is 3. The molecule has 0 saturated carbocycles. The second kappa shape index (κ2) is 4.40. The molecule has 0 fully saturated rings. The third-order valence-electron chi connectivity index (χ3n) is 2.77. The van der Waals surface area contributed by atoms with Crippen LogP contribution in [0.15, 0.2) is 41.0 Å². The van der Waals surface area contributed by atoms with Crippen LogP contribution in [0.5, 0.6) is 0 Å². The van der Waals surface area contributed by atoms with Crippen LogP contribution >= 0.6 is 0 Å². The van der Waals surface area contributed by atoms with Gasteiger partial charge in [0.15, 0.2) is 0 Å².